The van der Waals surface area contributed by atoms with Crippen LogP contribution in [0.25, 0.3) is 5.69 Å². The maximum atomic E-state index is 12.8. The summed E-state index contributed by atoms with van der Waals surface area (Å²) in [5.74, 6) is -0.0361. The number of rotatable bonds is 11. The Morgan fingerprint density at radius 2 is 1.65 bits per heavy atom. The van der Waals surface area contributed by atoms with Crippen molar-refractivity contribution >= 4 is 34.6 Å². The molecule has 1 unspecified atom stereocenters. The van der Waals surface area contributed by atoms with E-state index in [4.69, 9.17) is 37.4 Å². The van der Waals surface area contributed by atoms with Crippen LogP contribution in [0.15, 0.2) is 77.9 Å². The third-order valence-electron chi connectivity index (χ3n) is 9.09. The van der Waals surface area contributed by atoms with Gasteiger partial charge in [-0.25, -0.2) is 14.0 Å². The number of benzene rings is 3. The van der Waals surface area contributed by atoms with Crippen molar-refractivity contribution in [3.63, 3.8) is 0 Å². The van der Waals surface area contributed by atoms with Crippen LogP contribution in [-0.4, -0.2) is 80.5 Å². The fourth-order valence-corrected chi connectivity index (χ4v) is 6.75. The van der Waals surface area contributed by atoms with Gasteiger partial charge >= 0.3 is 5.69 Å². The molecule has 5 aromatic rings. The molecule has 0 bridgehead atoms. The van der Waals surface area contributed by atoms with Crippen LogP contribution >= 0.6 is 23.2 Å². The van der Waals surface area contributed by atoms with Gasteiger partial charge in [-0.05, 0) is 74.0 Å². The van der Waals surface area contributed by atoms with Crippen molar-refractivity contribution in [2.24, 2.45) is 0 Å². The van der Waals surface area contributed by atoms with E-state index >= 15 is 0 Å². The third-order valence-corrected chi connectivity index (χ3v) is 9.64. The van der Waals surface area contributed by atoms with Gasteiger partial charge in [0.15, 0.2) is 5.82 Å². The summed E-state index contributed by atoms with van der Waals surface area (Å²) in [6, 6.07) is 21.5. The Morgan fingerprint density at radius 3 is 2.29 bits per heavy atom. The van der Waals surface area contributed by atoms with Gasteiger partial charge in [0, 0.05) is 48.1 Å². The molecule has 2 aliphatic heterocycles. The van der Waals surface area contributed by atoms with Crippen LogP contribution in [0.5, 0.6) is 5.75 Å². The highest BCUT2D eigenvalue weighted by Crippen LogP contribution is 2.41. The van der Waals surface area contributed by atoms with Crippen molar-refractivity contribution in [2.75, 3.05) is 49.2 Å². The quantitative estimate of drug-likeness (QED) is 0.200. The zero-order chi connectivity index (χ0) is 34.0. The number of hydrogen-bond acceptors (Lipinski definition) is 10. The molecular formula is C34H37Cl2N9O4. The van der Waals surface area contributed by atoms with Crippen molar-refractivity contribution in [2.45, 2.75) is 44.6 Å². The standard InChI is InChI=1S/C34H37Cl2N9O4/c1-3-23(2)45-33(46)44(22-37-45)27-7-5-25(6-8-27)42-14-16-43(17-15-42)26-9-11-28(12-10-26)47-20-29-21-48-34(49-29,19-32-38-40-41-39-32)30-13-4-24(35)18-31(30)36/h4-13,18,22-23,29H,3,14-17,19-21H2,1-2H3,(H,38,39,40,41)/t23?,29-,34-/m1/s1. The number of nitrogens with zero attached hydrogens (tertiary/aromatic N) is 8. The van der Waals surface area contributed by atoms with Crippen LogP contribution in [0.4, 0.5) is 11.4 Å². The summed E-state index contributed by atoms with van der Waals surface area (Å²) in [5, 5.41) is 19.5. The van der Waals surface area contributed by atoms with E-state index in [0.717, 1.165) is 55.4 Å². The smallest absolute Gasteiger partial charge is 0.350 e. The molecule has 3 aromatic carbocycles. The number of nitrogens with one attached hydrogen (secondary N) is 1. The molecule has 4 heterocycles. The van der Waals surface area contributed by atoms with Crippen LogP contribution in [0.3, 0.4) is 0 Å². The lowest BCUT2D eigenvalue weighted by molar-refractivity contribution is -0.179. The summed E-state index contributed by atoms with van der Waals surface area (Å²) in [6.45, 7) is 8.15. The lowest BCUT2D eigenvalue weighted by atomic mass is 10.0. The van der Waals surface area contributed by atoms with Gasteiger partial charge in [0.1, 0.15) is 24.8 Å². The number of halogens is 2. The van der Waals surface area contributed by atoms with E-state index in [1.165, 1.54) is 4.68 Å². The second-order valence-electron chi connectivity index (χ2n) is 12.2. The SMILES string of the molecule is CCC(C)n1ncn(-c2ccc(N3CCN(c4ccc(OC[C@@H]5CO[C@@](Cc6nn[nH]n6)(c6ccc(Cl)cc6Cl)O5)cc4)CC3)cc2)c1=O. The average Bonchev–Trinajstić information content (AvgIpc) is 3.88. The molecule has 7 rings (SSSR count). The Hall–Kier alpha value is -4.43. The molecule has 3 atom stereocenters. The van der Waals surface area contributed by atoms with Crippen LogP contribution in [0.1, 0.15) is 37.7 Å². The van der Waals surface area contributed by atoms with Crippen molar-refractivity contribution < 1.29 is 14.2 Å². The molecule has 15 heteroatoms. The minimum absolute atomic E-state index is 0.0626. The summed E-state index contributed by atoms with van der Waals surface area (Å²) in [5.41, 5.74) is 3.59. The number of tetrazole rings is 1. The number of piperazine rings is 1. The number of H-pyrrole nitrogens is 1. The second-order valence-corrected chi connectivity index (χ2v) is 13.1. The average molecular weight is 707 g/mol. The minimum atomic E-state index is -1.20. The number of hydrogen-bond donors (Lipinski definition) is 1. The molecular weight excluding hydrogens is 669 g/mol. The van der Waals surface area contributed by atoms with E-state index in [-0.39, 0.29) is 30.9 Å². The van der Waals surface area contributed by atoms with E-state index in [0.29, 0.717) is 28.0 Å². The summed E-state index contributed by atoms with van der Waals surface area (Å²) in [6.07, 6.45) is 2.30. The highest BCUT2D eigenvalue weighted by molar-refractivity contribution is 6.35. The van der Waals surface area contributed by atoms with Crippen molar-refractivity contribution in [1.82, 2.24) is 35.0 Å². The first kappa shape index (κ1) is 33.1. The maximum absolute atomic E-state index is 12.8. The van der Waals surface area contributed by atoms with Gasteiger partial charge in [0.05, 0.1) is 29.8 Å². The maximum Gasteiger partial charge on any atom is 0.350 e. The minimum Gasteiger partial charge on any atom is -0.491 e. The van der Waals surface area contributed by atoms with Gasteiger partial charge in [-0.3, -0.25) is 0 Å². The van der Waals surface area contributed by atoms with Crippen molar-refractivity contribution in [1.29, 1.82) is 0 Å². The predicted molar refractivity (Wildman–Crippen MR) is 186 cm³/mol. The molecule has 2 aromatic heterocycles. The summed E-state index contributed by atoms with van der Waals surface area (Å²) < 4.78 is 21.9. The van der Waals surface area contributed by atoms with E-state index in [9.17, 15) is 4.79 Å². The highest BCUT2D eigenvalue weighted by Gasteiger charge is 2.46. The fraction of sp³-hybridized carbons (Fsp3) is 0.382. The zero-order valence-electron chi connectivity index (χ0n) is 27.2. The number of aromatic nitrogens is 7. The first-order valence-corrected chi connectivity index (χ1v) is 17.1. The molecule has 0 spiro atoms. The molecule has 49 heavy (non-hydrogen) atoms. The molecule has 2 aliphatic rings. The summed E-state index contributed by atoms with van der Waals surface area (Å²) >= 11 is 12.7. The van der Waals surface area contributed by atoms with E-state index in [1.807, 2.05) is 38.1 Å². The number of ether oxygens (including phenoxy) is 3. The molecule has 0 radical (unpaired) electrons. The Balaban J connectivity index is 0.925. The first-order chi connectivity index (χ1) is 23.8. The number of aromatic amines is 1. The van der Waals surface area contributed by atoms with Gasteiger partial charge < -0.3 is 24.0 Å². The van der Waals surface area contributed by atoms with E-state index < -0.39 is 5.79 Å². The topological polar surface area (TPSA) is 128 Å². The third kappa shape index (κ3) is 7.02. The molecule has 2 fully saturated rings. The molecule has 0 saturated carbocycles. The molecule has 1 N–H and O–H groups in total. The van der Waals surface area contributed by atoms with Gasteiger partial charge in [-0.1, -0.05) is 41.4 Å². The van der Waals surface area contributed by atoms with Gasteiger partial charge in [-0.2, -0.15) is 10.3 Å². The second kappa shape index (κ2) is 14.2. The lowest BCUT2D eigenvalue weighted by Crippen LogP contribution is -2.46. The predicted octanol–water partition coefficient (Wildman–Crippen LogP) is 5.04. The molecule has 2 saturated heterocycles. The Bertz CT molecular complexity index is 1910. The number of anilines is 2. The van der Waals surface area contributed by atoms with Gasteiger partial charge in [0.25, 0.3) is 0 Å². The first-order valence-electron chi connectivity index (χ1n) is 16.3. The van der Waals surface area contributed by atoms with Crippen LogP contribution < -0.4 is 20.2 Å². The fourth-order valence-electron chi connectivity index (χ4n) is 6.20. The van der Waals surface area contributed by atoms with Gasteiger partial charge in [0.2, 0.25) is 5.79 Å². The normalized spacial score (nSPS) is 20.1. The van der Waals surface area contributed by atoms with Crippen LogP contribution in [0.2, 0.25) is 10.0 Å². The van der Waals surface area contributed by atoms with E-state index in [2.05, 4.69) is 59.8 Å². The molecule has 256 valence electrons. The van der Waals surface area contributed by atoms with Gasteiger partial charge in [-0.15, -0.1) is 10.2 Å². The highest BCUT2D eigenvalue weighted by atomic mass is 35.5. The Labute approximate surface area is 293 Å². The van der Waals surface area contributed by atoms with Crippen LogP contribution in [0, 0.1) is 0 Å². The lowest BCUT2D eigenvalue weighted by Gasteiger charge is -2.37. The van der Waals surface area contributed by atoms with E-state index in [1.54, 1.807) is 29.1 Å². The zero-order valence-corrected chi connectivity index (χ0v) is 28.7. The largest absolute Gasteiger partial charge is 0.491 e. The monoisotopic (exact) mass is 705 g/mol. The van der Waals surface area contributed by atoms with Crippen molar-refractivity contribution in [3.8, 4) is 11.4 Å². The van der Waals surface area contributed by atoms with Crippen molar-refractivity contribution in [3.05, 3.63) is 105 Å². The Kier molecular flexibility index (Phi) is 9.59. The molecule has 0 amide bonds. The summed E-state index contributed by atoms with van der Waals surface area (Å²) in [7, 11) is 0. The van der Waals surface area contributed by atoms with Crippen LogP contribution in [-0.2, 0) is 21.7 Å². The molecule has 0 aliphatic carbocycles. The Morgan fingerprint density at radius 1 is 0.980 bits per heavy atom. The molecule has 13 nitrogen and oxygen atoms in total. The summed E-state index contributed by atoms with van der Waals surface area (Å²) in [4.78, 5) is 17.5.